The zero-order chi connectivity index (χ0) is 19.2. The van der Waals surface area contributed by atoms with Crippen molar-refractivity contribution in [3.8, 4) is 0 Å². The Morgan fingerprint density at radius 1 is 1.28 bits per heavy atom. The number of aliphatic hydroxyl groups excluding tert-OH is 2. The van der Waals surface area contributed by atoms with Crippen molar-refractivity contribution in [2.75, 3.05) is 13.7 Å². The number of esters is 1. The number of halogens is 1. The van der Waals surface area contributed by atoms with Crippen LogP contribution in [0.5, 0.6) is 0 Å². The van der Waals surface area contributed by atoms with E-state index < -0.39 is 35.7 Å². The summed E-state index contributed by atoms with van der Waals surface area (Å²) in [6.07, 6.45) is -3.19. The fourth-order valence-corrected chi connectivity index (χ4v) is 2.01. The summed E-state index contributed by atoms with van der Waals surface area (Å²) in [5.74, 6) is -1.67. The van der Waals surface area contributed by atoms with Crippen LogP contribution < -0.4 is 5.32 Å². The minimum Gasteiger partial charge on any atom is -0.465 e. The molecule has 1 rings (SSSR count). The number of nitrogens with one attached hydrogen (secondary N) is 1. The maximum absolute atomic E-state index is 13.6. The monoisotopic (exact) mass is 357 g/mol. The number of amides is 1. The van der Waals surface area contributed by atoms with E-state index in [1.165, 1.54) is 6.07 Å². The first kappa shape index (κ1) is 20.9. The van der Waals surface area contributed by atoms with E-state index in [9.17, 15) is 24.2 Å². The fourth-order valence-electron chi connectivity index (χ4n) is 2.01. The second-order valence-corrected chi connectivity index (χ2v) is 6.46. The maximum atomic E-state index is 13.6. The van der Waals surface area contributed by atoms with Crippen LogP contribution in [-0.2, 0) is 9.47 Å². The molecular formula is C17H24FNO6. The van der Waals surface area contributed by atoms with E-state index in [1.54, 1.807) is 20.8 Å². The maximum Gasteiger partial charge on any atom is 0.407 e. The molecule has 0 aliphatic heterocycles. The molecule has 3 N–H and O–H groups in total. The molecule has 0 aromatic heterocycles. The standard InChI is InChI=1S/C17H24FNO6/c1-17(2,3)25-16(23)19-8-7-13(20)14(21)10-5-6-12(18)11(9-10)15(22)24-4/h5-6,9,13-14,20-21H,7-8H2,1-4H3,(H,19,23). The molecule has 140 valence electrons. The number of ether oxygens (including phenoxy) is 2. The molecule has 7 nitrogen and oxygen atoms in total. The van der Waals surface area contributed by atoms with Crippen LogP contribution in [0, 0.1) is 5.82 Å². The molecule has 25 heavy (non-hydrogen) atoms. The molecule has 2 atom stereocenters. The number of carbonyl (C=O) groups excluding carboxylic acids is 2. The highest BCUT2D eigenvalue weighted by atomic mass is 19.1. The van der Waals surface area contributed by atoms with Gasteiger partial charge in [0.2, 0.25) is 0 Å². The van der Waals surface area contributed by atoms with Crippen molar-refractivity contribution in [3.63, 3.8) is 0 Å². The van der Waals surface area contributed by atoms with Gasteiger partial charge in [0.15, 0.2) is 0 Å². The van der Waals surface area contributed by atoms with Crippen molar-refractivity contribution in [2.24, 2.45) is 0 Å². The van der Waals surface area contributed by atoms with Gasteiger partial charge in [-0.2, -0.15) is 0 Å². The van der Waals surface area contributed by atoms with Crippen molar-refractivity contribution in [1.29, 1.82) is 0 Å². The van der Waals surface area contributed by atoms with E-state index >= 15 is 0 Å². The summed E-state index contributed by atoms with van der Waals surface area (Å²) < 4.78 is 23.1. The molecule has 0 saturated carbocycles. The van der Waals surface area contributed by atoms with Crippen molar-refractivity contribution >= 4 is 12.1 Å². The zero-order valence-corrected chi connectivity index (χ0v) is 14.7. The summed E-state index contributed by atoms with van der Waals surface area (Å²) in [6, 6.07) is 3.39. The molecule has 1 aromatic rings. The molecular weight excluding hydrogens is 333 g/mol. The van der Waals surface area contributed by atoms with E-state index in [4.69, 9.17) is 4.74 Å². The highest BCUT2D eigenvalue weighted by molar-refractivity contribution is 5.89. The SMILES string of the molecule is COC(=O)c1cc(C(O)C(O)CCNC(=O)OC(C)(C)C)ccc1F. The number of rotatable bonds is 6. The van der Waals surface area contributed by atoms with Gasteiger partial charge in [0.05, 0.1) is 18.8 Å². The Morgan fingerprint density at radius 3 is 2.48 bits per heavy atom. The Morgan fingerprint density at radius 2 is 1.92 bits per heavy atom. The van der Waals surface area contributed by atoms with Crippen LogP contribution >= 0.6 is 0 Å². The topological polar surface area (TPSA) is 105 Å². The van der Waals surface area contributed by atoms with Gasteiger partial charge < -0.3 is 25.0 Å². The smallest absolute Gasteiger partial charge is 0.407 e. The molecule has 8 heteroatoms. The summed E-state index contributed by atoms with van der Waals surface area (Å²) in [5, 5.41) is 22.6. The number of carbonyl (C=O) groups is 2. The number of methoxy groups -OCH3 is 1. The van der Waals surface area contributed by atoms with Gasteiger partial charge in [0.25, 0.3) is 0 Å². The number of aliphatic hydroxyl groups is 2. The van der Waals surface area contributed by atoms with Crippen molar-refractivity contribution in [2.45, 2.75) is 45.0 Å². The van der Waals surface area contributed by atoms with Crippen molar-refractivity contribution in [3.05, 3.63) is 35.1 Å². The lowest BCUT2D eigenvalue weighted by atomic mass is 10.00. The third-order valence-electron chi connectivity index (χ3n) is 3.21. The predicted molar refractivity (Wildman–Crippen MR) is 87.6 cm³/mol. The first-order valence-electron chi connectivity index (χ1n) is 7.76. The van der Waals surface area contributed by atoms with Gasteiger partial charge in [0.1, 0.15) is 17.5 Å². The highest BCUT2D eigenvalue weighted by Gasteiger charge is 2.22. The van der Waals surface area contributed by atoms with Crippen LogP contribution in [0.1, 0.15) is 49.2 Å². The van der Waals surface area contributed by atoms with Gasteiger partial charge in [-0.15, -0.1) is 0 Å². The summed E-state index contributed by atoms with van der Waals surface area (Å²) in [7, 11) is 1.11. The lowest BCUT2D eigenvalue weighted by molar-refractivity contribution is 0.0121. The molecule has 0 heterocycles. The molecule has 2 unspecified atom stereocenters. The number of hydrogen-bond acceptors (Lipinski definition) is 6. The van der Waals surface area contributed by atoms with Gasteiger partial charge in [-0.1, -0.05) is 6.07 Å². The lowest BCUT2D eigenvalue weighted by Crippen LogP contribution is -2.34. The summed E-state index contributed by atoms with van der Waals surface area (Å²) in [5.41, 5.74) is -0.814. The van der Waals surface area contributed by atoms with Crippen molar-refractivity contribution < 1.29 is 33.7 Å². The zero-order valence-electron chi connectivity index (χ0n) is 14.7. The van der Waals surface area contributed by atoms with Crippen LogP contribution in [0.15, 0.2) is 18.2 Å². The molecule has 0 radical (unpaired) electrons. The van der Waals surface area contributed by atoms with Gasteiger partial charge in [-0.05, 0) is 44.9 Å². The lowest BCUT2D eigenvalue weighted by Gasteiger charge is -2.21. The Hall–Kier alpha value is -2.19. The Kier molecular flexibility index (Phi) is 7.32. The second-order valence-electron chi connectivity index (χ2n) is 6.46. The van der Waals surface area contributed by atoms with E-state index in [0.29, 0.717) is 0 Å². The minimum atomic E-state index is -1.36. The third kappa shape index (κ3) is 6.67. The molecule has 0 aliphatic carbocycles. The van der Waals surface area contributed by atoms with E-state index in [1.807, 2.05) is 0 Å². The van der Waals surface area contributed by atoms with Crippen LogP contribution in [0.4, 0.5) is 9.18 Å². The van der Waals surface area contributed by atoms with Gasteiger partial charge in [-0.25, -0.2) is 14.0 Å². The largest absolute Gasteiger partial charge is 0.465 e. The Bertz CT molecular complexity index is 614. The number of benzene rings is 1. The normalized spacial score (nSPS) is 13.7. The van der Waals surface area contributed by atoms with Crippen LogP contribution in [-0.4, -0.2) is 47.6 Å². The molecule has 0 spiro atoms. The average molecular weight is 357 g/mol. The van der Waals surface area contributed by atoms with Gasteiger partial charge in [-0.3, -0.25) is 0 Å². The summed E-state index contributed by atoms with van der Waals surface area (Å²) >= 11 is 0. The van der Waals surface area contributed by atoms with E-state index in [-0.39, 0.29) is 24.1 Å². The molecule has 0 saturated heterocycles. The quantitative estimate of drug-likeness (QED) is 0.672. The number of alkyl carbamates (subject to hydrolysis) is 1. The van der Waals surface area contributed by atoms with Crippen LogP contribution in [0.25, 0.3) is 0 Å². The minimum absolute atomic E-state index is 0.0331. The fraction of sp³-hybridized carbons (Fsp3) is 0.529. The molecule has 1 aromatic carbocycles. The van der Waals surface area contributed by atoms with Crippen molar-refractivity contribution in [1.82, 2.24) is 5.32 Å². The van der Waals surface area contributed by atoms with Crippen LogP contribution in [0.3, 0.4) is 0 Å². The number of hydrogen-bond donors (Lipinski definition) is 3. The Balaban J connectivity index is 2.63. The molecule has 0 fully saturated rings. The Labute approximate surface area is 145 Å². The predicted octanol–water partition coefficient (Wildman–Crippen LogP) is 1.92. The van der Waals surface area contributed by atoms with Gasteiger partial charge in [0, 0.05) is 6.54 Å². The average Bonchev–Trinajstić information content (AvgIpc) is 2.52. The molecule has 1 amide bonds. The summed E-state index contributed by atoms with van der Waals surface area (Å²) in [4.78, 5) is 23.0. The first-order valence-corrected chi connectivity index (χ1v) is 7.76. The van der Waals surface area contributed by atoms with Crippen LogP contribution in [0.2, 0.25) is 0 Å². The molecule has 0 bridgehead atoms. The summed E-state index contributed by atoms with van der Waals surface area (Å²) in [6.45, 7) is 5.23. The van der Waals surface area contributed by atoms with Gasteiger partial charge >= 0.3 is 12.1 Å². The third-order valence-corrected chi connectivity index (χ3v) is 3.21. The second kappa shape index (κ2) is 8.77. The molecule has 0 aliphatic rings. The first-order chi connectivity index (χ1) is 11.5. The highest BCUT2D eigenvalue weighted by Crippen LogP contribution is 2.22. The van der Waals surface area contributed by atoms with E-state index in [0.717, 1.165) is 19.2 Å². The van der Waals surface area contributed by atoms with E-state index in [2.05, 4.69) is 10.1 Å².